The molecule has 16 heteroatoms. The lowest BCUT2D eigenvalue weighted by atomic mass is 9.52. The summed E-state index contributed by atoms with van der Waals surface area (Å²) in [6.45, 7) is 0.511. The van der Waals surface area contributed by atoms with Crippen molar-refractivity contribution >= 4 is 41.0 Å². The lowest BCUT2D eigenvalue weighted by molar-refractivity contribution is -0.274. The van der Waals surface area contributed by atoms with Crippen molar-refractivity contribution in [1.82, 2.24) is 4.98 Å². The van der Waals surface area contributed by atoms with Crippen LogP contribution in [0.1, 0.15) is 20.8 Å². The number of fused-ring (bicyclic) bond motifs is 1. The Balaban J connectivity index is 1.73. The first kappa shape index (κ1) is 27.5. The number of carbonyl (C=O) groups excluding carboxylic acids is 2. The van der Waals surface area contributed by atoms with Crippen LogP contribution in [0.4, 0.5) is 18.9 Å². The van der Waals surface area contributed by atoms with Gasteiger partial charge in [-0.1, -0.05) is 0 Å². The van der Waals surface area contributed by atoms with Crippen LogP contribution in [0.3, 0.4) is 0 Å². The first-order valence-electron chi connectivity index (χ1n) is 11.5. The third kappa shape index (κ3) is 7.30. The summed E-state index contributed by atoms with van der Waals surface area (Å²) in [6, 6.07) is 8.90. The normalized spacial score (nSPS) is 12.8. The van der Waals surface area contributed by atoms with Crippen molar-refractivity contribution in [2.75, 3.05) is 18.5 Å². The highest BCUT2D eigenvalue weighted by Crippen LogP contribution is 2.42. The predicted octanol–water partition coefficient (Wildman–Crippen LogP) is 0.784. The number of primary amides is 1. The fourth-order valence-electron chi connectivity index (χ4n) is 3.47. The number of hydrogen-bond donors (Lipinski definition) is 2. The number of ether oxygens (including phenoxy) is 5. The monoisotopic (exact) mass is 541 g/mol. The van der Waals surface area contributed by atoms with Crippen LogP contribution in [0.25, 0.3) is 0 Å². The van der Waals surface area contributed by atoms with Gasteiger partial charge in [0.05, 0.1) is 5.56 Å². The topological polar surface area (TPSA) is 131 Å². The quantitative estimate of drug-likeness (QED) is 0.401. The van der Waals surface area contributed by atoms with Crippen molar-refractivity contribution in [3.8, 4) is 34.5 Å². The molecule has 2 amide bonds. The number of rotatable bonds is 8. The van der Waals surface area contributed by atoms with Crippen LogP contribution in [0.2, 0.25) is 0 Å². The fourth-order valence-corrected chi connectivity index (χ4v) is 3.47. The largest absolute Gasteiger partial charge is 0.573 e. The van der Waals surface area contributed by atoms with Gasteiger partial charge in [0.1, 0.15) is 53.9 Å². The van der Waals surface area contributed by atoms with Crippen LogP contribution in [-0.2, 0) is 0 Å². The minimum atomic E-state index is -4.91. The molecule has 2 aromatic carbocycles. The number of hydrogen-bond acceptors (Lipinski definition) is 8. The van der Waals surface area contributed by atoms with Gasteiger partial charge >= 0.3 is 6.36 Å². The molecule has 0 saturated heterocycles. The molecule has 2 heterocycles. The van der Waals surface area contributed by atoms with Crippen LogP contribution >= 0.6 is 0 Å². The molecule has 0 unspecified atom stereocenters. The fraction of sp³-hybridized carbons (Fsp3) is 0.174. The van der Waals surface area contributed by atoms with E-state index in [4.69, 9.17) is 24.7 Å². The molecule has 0 spiro atoms. The van der Waals surface area contributed by atoms with Gasteiger partial charge in [-0.05, 0) is 24.3 Å². The van der Waals surface area contributed by atoms with Gasteiger partial charge in [0, 0.05) is 35.4 Å². The van der Waals surface area contributed by atoms with Gasteiger partial charge < -0.3 is 34.7 Å². The lowest BCUT2D eigenvalue weighted by Crippen LogP contribution is -2.37. The molecule has 0 saturated carbocycles. The zero-order valence-corrected chi connectivity index (χ0v) is 21.0. The summed E-state index contributed by atoms with van der Waals surface area (Å²) >= 11 is 0. The van der Waals surface area contributed by atoms with E-state index < -0.39 is 29.2 Å². The number of nitrogens with two attached hydrogens (primary N) is 1. The zero-order valence-electron chi connectivity index (χ0n) is 21.0. The summed E-state index contributed by atoms with van der Waals surface area (Å²) in [4.78, 5) is 28.6. The Labute approximate surface area is 223 Å². The van der Waals surface area contributed by atoms with E-state index in [1.54, 1.807) is 23.5 Å². The molecule has 3 aromatic rings. The molecule has 39 heavy (non-hydrogen) atoms. The second kappa shape index (κ2) is 10.7. The van der Waals surface area contributed by atoms with E-state index in [0.29, 0.717) is 5.75 Å². The average molecular weight is 541 g/mol. The molecule has 0 bridgehead atoms. The molecular weight excluding hydrogens is 520 g/mol. The van der Waals surface area contributed by atoms with Crippen LogP contribution in [0.5, 0.6) is 34.5 Å². The molecule has 3 N–H and O–H groups in total. The molecule has 1 aliphatic heterocycles. The van der Waals surface area contributed by atoms with Crippen molar-refractivity contribution in [3.63, 3.8) is 0 Å². The standard InChI is InChI=1S/C23H21B3F3N3O7/c24-22(25,26)39-19-8-12(38-23(27,28)29)1-2-15(19)37-16-10-18-17(35-5-6-36-18)9-13(16)21(34)32-11-3-4-31-14(7-11)20(30)33/h1-4,7-10H,5-6,24-26H2,(H2,30,33)(H,31,32,34). The van der Waals surface area contributed by atoms with E-state index in [1.807, 2.05) is 0 Å². The number of benzene rings is 2. The average Bonchev–Trinajstić information content (AvgIpc) is 2.83. The minimum absolute atomic E-state index is 0.00473. The summed E-state index contributed by atoms with van der Waals surface area (Å²) in [6.07, 6.45) is -3.61. The summed E-state index contributed by atoms with van der Waals surface area (Å²) in [5, 5.41) is 1.82. The Kier molecular flexibility index (Phi) is 7.57. The maximum Gasteiger partial charge on any atom is 0.573 e. The second-order valence-corrected chi connectivity index (χ2v) is 9.21. The molecule has 1 aliphatic rings. The molecule has 1 aromatic heterocycles. The number of amides is 2. The van der Waals surface area contributed by atoms with Crippen molar-refractivity contribution < 1.29 is 46.4 Å². The first-order chi connectivity index (χ1) is 18.3. The van der Waals surface area contributed by atoms with E-state index in [0.717, 1.165) is 12.1 Å². The Morgan fingerprint density at radius 3 is 2.26 bits per heavy atom. The number of pyridine rings is 1. The number of carbonyl (C=O) groups is 2. The highest BCUT2D eigenvalue weighted by atomic mass is 19.4. The van der Waals surface area contributed by atoms with Crippen molar-refractivity contribution in [2.45, 2.75) is 11.7 Å². The Bertz CT molecular complexity index is 1420. The van der Waals surface area contributed by atoms with E-state index in [-0.39, 0.29) is 53.2 Å². The molecule has 200 valence electrons. The number of alkyl halides is 3. The maximum absolute atomic E-state index is 13.3. The third-order valence-corrected chi connectivity index (χ3v) is 4.94. The van der Waals surface area contributed by atoms with Gasteiger partial charge in [-0.25, -0.2) is 0 Å². The van der Waals surface area contributed by atoms with Gasteiger partial charge in [0.2, 0.25) is 0 Å². The molecule has 0 radical (unpaired) electrons. The summed E-state index contributed by atoms with van der Waals surface area (Å²) in [5.41, 5.74) is 5.43. The van der Waals surface area contributed by atoms with E-state index in [1.165, 1.54) is 36.5 Å². The highest BCUT2D eigenvalue weighted by molar-refractivity contribution is 6.58. The molecule has 0 atom stereocenters. The number of nitrogens with zero attached hydrogens (tertiary/aromatic N) is 1. The number of anilines is 1. The van der Waals surface area contributed by atoms with Crippen LogP contribution in [-0.4, -0.2) is 65.2 Å². The predicted molar refractivity (Wildman–Crippen MR) is 140 cm³/mol. The zero-order chi connectivity index (χ0) is 28.4. The number of aromatic nitrogens is 1. The third-order valence-electron chi connectivity index (χ3n) is 4.94. The number of nitrogens with one attached hydrogen (secondary N) is 1. The molecule has 0 aliphatic carbocycles. The van der Waals surface area contributed by atoms with E-state index in [9.17, 15) is 22.8 Å². The van der Waals surface area contributed by atoms with Crippen molar-refractivity contribution in [3.05, 3.63) is 59.9 Å². The Morgan fingerprint density at radius 1 is 0.923 bits per heavy atom. The van der Waals surface area contributed by atoms with E-state index >= 15 is 0 Å². The van der Waals surface area contributed by atoms with Crippen LogP contribution in [0.15, 0.2) is 48.7 Å². The van der Waals surface area contributed by atoms with Crippen molar-refractivity contribution in [2.24, 2.45) is 5.73 Å². The molecule has 4 rings (SSSR count). The van der Waals surface area contributed by atoms with E-state index in [2.05, 4.69) is 15.0 Å². The van der Waals surface area contributed by atoms with Gasteiger partial charge in [-0.2, -0.15) is 0 Å². The van der Waals surface area contributed by atoms with Crippen LogP contribution < -0.4 is 34.7 Å². The summed E-state index contributed by atoms with van der Waals surface area (Å²) in [5.74, 6) is -1.44. The van der Waals surface area contributed by atoms with Gasteiger partial charge in [0.15, 0.2) is 23.0 Å². The smallest absolute Gasteiger partial charge is 0.510 e. The molecular formula is C23H21B3F3N3O7. The Morgan fingerprint density at radius 2 is 1.62 bits per heavy atom. The second-order valence-electron chi connectivity index (χ2n) is 9.21. The van der Waals surface area contributed by atoms with Gasteiger partial charge in [-0.15, -0.1) is 13.2 Å². The summed E-state index contributed by atoms with van der Waals surface area (Å²) < 4.78 is 65.5. The Hall–Kier alpha value is -4.49. The first-order valence-corrected chi connectivity index (χ1v) is 11.5. The van der Waals surface area contributed by atoms with Crippen molar-refractivity contribution in [1.29, 1.82) is 0 Å². The van der Waals surface area contributed by atoms with Gasteiger partial charge in [0.25, 0.3) is 11.8 Å². The minimum Gasteiger partial charge on any atom is -0.510 e. The lowest BCUT2D eigenvalue weighted by Gasteiger charge is -2.25. The van der Waals surface area contributed by atoms with Gasteiger partial charge in [-0.3, -0.25) is 14.6 Å². The highest BCUT2D eigenvalue weighted by Gasteiger charge is 2.32. The molecule has 0 fully saturated rings. The van der Waals surface area contributed by atoms with Crippen LogP contribution in [0, 0.1) is 0 Å². The number of halogens is 3. The maximum atomic E-state index is 13.3. The SMILES string of the molecule is BC(B)(B)Oc1cc(OC(F)(F)F)ccc1Oc1cc2c(cc1C(=O)Nc1ccnc(C(N)=O)c1)OCCO2. The summed E-state index contributed by atoms with van der Waals surface area (Å²) in [7, 11) is 5.10. The molecule has 10 nitrogen and oxygen atoms in total.